The predicted octanol–water partition coefficient (Wildman–Crippen LogP) is 0.644. The number of rotatable bonds is 5. The van der Waals surface area contributed by atoms with Gasteiger partial charge in [-0.05, 0) is 12.5 Å². The lowest BCUT2D eigenvalue weighted by Crippen LogP contribution is -2.53. The van der Waals surface area contributed by atoms with Crippen LogP contribution >= 0.6 is 0 Å². The van der Waals surface area contributed by atoms with E-state index >= 15 is 0 Å². The topological polar surface area (TPSA) is 83.7 Å². The Bertz CT molecular complexity index is 623. The predicted molar refractivity (Wildman–Crippen MR) is 90.0 cm³/mol. The molecule has 1 fully saturated rings. The molecule has 7 heteroatoms. The minimum atomic E-state index is -3.35. The third-order valence-corrected chi connectivity index (χ3v) is 6.16. The molecule has 1 saturated heterocycles. The molecule has 2 atom stereocenters. The van der Waals surface area contributed by atoms with E-state index in [0.29, 0.717) is 26.2 Å². The van der Waals surface area contributed by atoms with Gasteiger partial charge < -0.3 is 10.6 Å². The molecule has 0 aromatic heterocycles. The quantitative estimate of drug-likeness (QED) is 0.853. The number of benzene rings is 1. The summed E-state index contributed by atoms with van der Waals surface area (Å²) in [5, 5.41) is 0. The molecular formula is C16H25N3O3S. The molecule has 2 N–H and O–H groups in total. The molecule has 0 aliphatic carbocycles. The Labute approximate surface area is 138 Å². The summed E-state index contributed by atoms with van der Waals surface area (Å²) in [5.41, 5.74) is 6.55. The first kappa shape index (κ1) is 17.9. The van der Waals surface area contributed by atoms with Crippen molar-refractivity contribution in [3.63, 3.8) is 0 Å². The Hall–Kier alpha value is -1.44. The number of carbonyl (C=O) groups excluding carboxylic acids is 1. The van der Waals surface area contributed by atoms with Gasteiger partial charge in [-0.25, -0.2) is 8.42 Å². The van der Waals surface area contributed by atoms with E-state index in [0.717, 1.165) is 5.56 Å². The van der Waals surface area contributed by atoms with Crippen LogP contribution in [0.1, 0.15) is 19.4 Å². The van der Waals surface area contributed by atoms with Crippen LogP contribution in [-0.2, 0) is 20.6 Å². The summed E-state index contributed by atoms with van der Waals surface area (Å²) in [6.45, 7) is 5.14. The summed E-state index contributed by atoms with van der Waals surface area (Å²) in [4.78, 5) is 14.0. The third-order valence-electron chi connectivity index (χ3n) is 4.31. The summed E-state index contributed by atoms with van der Waals surface area (Å²) in [7, 11) is -3.35. The van der Waals surface area contributed by atoms with E-state index in [4.69, 9.17) is 5.73 Å². The van der Waals surface area contributed by atoms with Gasteiger partial charge in [0, 0.05) is 32.2 Å². The first-order chi connectivity index (χ1) is 10.8. The van der Waals surface area contributed by atoms with Crippen LogP contribution in [0.5, 0.6) is 0 Å². The molecular weight excluding hydrogens is 314 g/mol. The van der Waals surface area contributed by atoms with Crippen molar-refractivity contribution in [2.45, 2.75) is 25.6 Å². The van der Waals surface area contributed by atoms with Crippen LogP contribution in [0.2, 0.25) is 0 Å². The zero-order valence-corrected chi connectivity index (χ0v) is 14.5. The van der Waals surface area contributed by atoms with Crippen molar-refractivity contribution in [1.82, 2.24) is 9.21 Å². The second-order valence-corrected chi connectivity index (χ2v) is 8.08. The van der Waals surface area contributed by atoms with Crippen LogP contribution in [0, 0.1) is 5.92 Å². The molecule has 1 aliphatic rings. The fraction of sp³-hybridized carbons (Fsp3) is 0.562. The van der Waals surface area contributed by atoms with Crippen molar-refractivity contribution in [1.29, 1.82) is 0 Å². The van der Waals surface area contributed by atoms with Crippen molar-refractivity contribution < 1.29 is 13.2 Å². The highest BCUT2D eigenvalue weighted by Gasteiger charge is 2.31. The second kappa shape index (κ2) is 7.42. The minimum absolute atomic E-state index is 0.0000994. The van der Waals surface area contributed by atoms with Crippen molar-refractivity contribution in [3.8, 4) is 0 Å². The fourth-order valence-corrected chi connectivity index (χ4v) is 4.09. The molecule has 128 valence electrons. The highest BCUT2D eigenvalue weighted by molar-refractivity contribution is 7.88. The van der Waals surface area contributed by atoms with Gasteiger partial charge in [-0.2, -0.15) is 4.31 Å². The number of carbonyl (C=O) groups is 1. The van der Waals surface area contributed by atoms with Crippen LogP contribution in [0.15, 0.2) is 30.3 Å². The highest BCUT2D eigenvalue weighted by atomic mass is 32.2. The lowest BCUT2D eigenvalue weighted by Gasteiger charge is -2.35. The molecule has 0 bridgehead atoms. The van der Waals surface area contributed by atoms with Crippen LogP contribution < -0.4 is 5.73 Å². The van der Waals surface area contributed by atoms with Gasteiger partial charge in [0.2, 0.25) is 15.9 Å². The Kier molecular flexibility index (Phi) is 5.78. The summed E-state index contributed by atoms with van der Waals surface area (Å²) in [6.07, 6.45) is 0. The van der Waals surface area contributed by atoms with E-state index in [1.165, 1.54) is 4.31 Å². The average Bonchev–Trinajstić information content (AvgIpc) is 2.54. The number of hydrogen-bond donors (Lipinski definition) is 1. The van der Waals surface area contributed by atoms with E-state index in [1.54, 1.807) is 4.90 Å². The van der Waals surface area contributed by atoms with Gasteiger partial charge in [0.25, 0.3) is 0 Å². The Morgan fingerprint density at radius 1 is 1.13 bits per heavy atom. The zero-order chi connectivity index (χ0) is 17.0. The molecule has 0 spiro atoms. The van der Waals surface area contributed by atoms with Crippen LogP contribution in [0.25, 0.3) is 0 Å². The van der Waals surface area contributed by atoms with Crippen molar-refractivity contribution in [3.05, 3.63) is 35.9 Å². The molecule has 1 aromatic carbocycles. The average molecular weight is 339 g/mol. The summed E-state index contributed by atoms with van der Waals surface area (Å²) >= 11 is 0. The molecule has 23 heavy (non-hydrogen) atoms. The van der Waals surface area contributed by atoms with E-state index in [2.05, 4.69) is 0 Å². The number of sulfonamides is 1. The highest BCUT2D eigenvalue weighted by Crippen LogP contribution is 2.15. The first-order valence-electron chi connectivity index (χ1n) is 7.87. The fourth-order valence-electron chi connectivity index (χ4n) is 2.58. The first-order valence-corrected chi connectivity index (χ1v) is 9.48. The van der Waals surface area contributed by atoms with E-state index in [9.17, 15) is 13.2 Å². The lowest BCUT2D eigenvalue weighted by atomic mass is 10.0. The summed E-state index contributed by atoms with van der Waals surface area (Å²) in [5.74, 6) is -0.250. The number of piperazine rings is 1. The molecule has 1 aliphatic heterocycles. The van der Waals surface area contributed by atoms with E-state index in [-0.39, 0.29) is 23.6 Å². The van der Waals surface area contributed by atoms with Crippen LogP contribution in [-0.4, -0.2) is 55.8 Å². The third kappa shape index (κ3) is 4.53. The van der Waals surface area contributed by atoms with Gasteiger partial charge in [-0.15, -0.1) is 0 Å². The van der Waals surface area contributed by atoms with Gasteiger partial charge in [0.05, 0.1) is 11.7 Å². The normalized spacial score (nSPS) is 19.3. The van der Waals surface area contributed by atoms with Crippen LogP contribution in [0.3, 0.4) is 0 Å². The largest absolute Gasteiger partial charge is 0.340 e. The Morgan fingerprint density at radius 2 is 1.70 bits per heavy atom. The number of nitrogens with zero attached hydrogens (tertiary/aromatic N) is 2. The molecule has 0 saturated carbocycles. The maximum atomic E-state index is 12.5. The Balaban J connectivity index is 1.94. The van der Waals surface area contributed by atoms with E-state index < -0.39 is 10.0 Å². The van der Waals surface area contributed by atoms with Crippen molar-refractivity contribution >= 4 is 15.9 Å². The monoisotopic (exact) mass is 339 g/mol. The minimum Gasteiger partial charge on any atom is -0.340 e. The van der Waals surface area contributed by atoms with Gasteiger partial charge in [-0.3, -0.25) is 4.79 Å². The Morgan fingerprint density at radius 3 is 2.22 bits per heavy atom. The maximum Gasteiger partial charge on any atom is 0.227 e. The molecule has 1 aromatic rings. The van der Waals surface area contributed by atoms with Crippen LogP contribution in [0.4, 0.5) is 0 Å². The van der Waals surface area contributed by atoms with E-state index in [1.807, 2.05) is 44.2 Å². The lowest BCUT2D eigenvalue weighted by molar-refractivity contribution is -0.136. The second-order valence-electron chi connectivity index (χ2n) is 6.11. The molecule has 2 unspecified atom stereocenters. The standard InChI is InChI=1S/C16H25N3O3S/c1-13(14(2)17)16(20)18-8-10-19(11-9-18)23(21,22)12-15-6-4-3-5-7-15/h3-7,13-14H,8-12,17H2,1-2H3. The molecule has 6 nitrogen and oxygen atoms in total. The molecule has 2 rings (SSSR count). The van der Waals surface area contributed by atoms with Gasteiger partial charge in [-0.1, -0.05) is 37.3 Å². The summed E-state index contributed by atoms with van der Waals surface area (Å²) < 4.78 is 26.4. The number of nitrogens with two attached hydrogens (primary N) is 1. The number of amides is 1. The molecule has 1 heterocycles. The van der Waals surface area contributed by atoms with Gasteiger partial charge >= 0.3 is 0 Å². The van der Waals surface area contributed by atoms with Gasteiger partial charge in [0.15, 0.2) is 0 Å². The maximum absolute atomic E-state index is 12.5. The molecule has 0 radical (unpaired) electrons. The van der Waals surface area contributed by atoms with Crippen molar-refractivity contribution in [2.24, 2.45) is 11.7 Å². The molecule has 1 amide bonds. The SMILES string of the molecule is CC(N)C(C)C(=O)N1CCN(S(=O)(=O)Cc2ccccc2)CC1. The number of hydrogen-bond acceptors (Lipinski definition) is 4. The summed E-state index contributed by atoms with van der Waals surface area (Å²) in [6, 6.07) is 8.93. The zero-order valence-electron chi connectivity index (χ0n) is 13.7. The van der Waals surface area contributed by atoms with Gasteiger partial charge in [0.1, 0.15) is 0 Å². The van der Waals surface area contributed by atoms with Crippen molar-refractivity contribution in [2.75, 3.05) is 26.2 Å². The smallest absolute Gasteiger partial charge is 0.227 e.